The molecule has 110 valence electrons. The lowest BCUT2D eigenvalue weighted by molar-refractivity contribution is -0.132. The van der Waals surface area contributed by atoms with Crippen LogP contribution in [0.4, 0.5) is 0 Å². The van der Waals surface area contributed by atoms with E-state index in [1.165, 1.54) is 0 Å². The predicted molar refractivity (Wildman–Crippen MR) is 71.0 cm³/mol. The van der Waals surface area contributed by atoms with Gasteiger partial charge in [-0.3, -0.25) is 4.79 Å². The van der Waals surface area contributed by atoms with Crippen molar-refractivity contribution in [3.63, 3.8) is 0 Å². The summed E-state index contributed by atoms with van der Waals surface area (Å²) < 4.78 is 5.26. The van der Waals surface area contributed by atoms with E-state index in [-0.39, 0.29) is 17.8 Å². The first-order valence-electron chi connectivity index (χ1n) is 6.46. The molecule has 1 amide bonds. The summed E-state index contributed by atoms with van der Waals surface area (Å²) in [5.41, 5.74) is 4.72. The Morgan fingerprint density at radius 1 is 1.65 bits per heavy atom. The Bertz CT molecular complexity index is 479. The second kappa shape index (κ2) is 5.91. The summed E-state index contributed by atoms with van der Waals surface area (Å²) in [5, 5.41) is 14.8. The number of nitrogens with one attached hydrogen (secondary N) is 2. The number of hydrogen-bond acceptors (Lipinski definition) is 5. The minimum atomic E-state index is -1.02. The van der Waals surface area contributed by atoms with Gasteiger partial charge >= 0.3 is 0 Å². The minimum Gasteiger partial charge on any atom is -0.409 e. The van der Waals surface area contributed by atoms with Crippen LogP contribution in [0.25, 0.3) is 0 Å². The maximum atomic E-state index is 12.5. The Balaban J connectivity index is 2.15. The number of aromatic amines is 1. The molecule has 20 heavy (non-hydrogen) atoms. The van der Waals surface area contributed by atoms with Crippen LogP contribution in [0.3, 0.4) is 0 Å². The van der Waals surface area contributed by atoms with Crippen molar-refractivity contribution in [2.45, 2.75) is 25.8 Å². The lowest BCUT2D eigenvalue weighted by atomic mass is 9.78. The molecule has 1 aromatic heterocycles. The van der Waals surface area contributed by atoms with Crippen LogP contribution < -0.4 is 11.1 Å². The number of amidine groups is 1. The van der Waals surface area contributed by atoms with Crippen LogP contribution in [-0.2, 0) is 9.53 Å². The summed E-state index contributed by atoms with van der Waals surface area (Å²) in [6.07, 6.45) is 4.08. The quantitative estimate of drug-likeness (QED) is 0.270. The molecule has 1 saturated heterocycles. The van der Waals surface area contributed by atoms with E-state index >= 15 is 0 Å². The number of aromatic nitrogens is 2. The molecule has 5 N–H and O–H groups in total. The fraction of sp³-hybridized carbons (Fsp3) is 0.583. The van der Waals surface area contributed by atoms with Crippen molar-refractivity contribution in [2.24, 2.45) is 16.3 Å². The highest BCUT2D eigenvalue weighted by atomic mass is 16.5. The molecule has 1 fully saturated rings. The van der Waals surface area contributed by atoms with Gasteiger partial charge in [0.2, 0.25) is 5.91 Å². The number of imidazole rings is 1. The van der Waals surface area contributed by atoms with Crippen molar-refractivity contribution >= 4 is 11.7 Å². The van der Waals surface area contributed by atoms with Gasteiger partial charge in [-0.2, -0.15) is 0 Å². The number of nitrogens with two attached hydrogens (primary N) is 1. The third-order valence-electron chi connectivity index (χ3n) is 3.66. The van der Waals surface area contributed by atoms with Gasteiger partial charge in [-0.25, -0.2) is 4.98 Å². The highest BCUT2D eigenvalue weighted by Gasteiger charge is 2.45. The molecule has 0 radical (unpaired) electrons. The summed E-state index contributed by atoms with van der Waals surface area (Å²) in [7, 11) is 0. The third kappa shape index (κ3) is 2.60. The molecule has 2 rings (SSSR count). The molecular weight excluding hydrogens is 262 g/mol. The highest BCUT2D eigenvalue weighted by molar-refractivity contribution is 6.06. The SMILES string of the molecule is CC(NC(=O)C1(/C(N)=N/O)CCOCC1)c1ncc[nH]1. The van der Waals surface area contributed by atoms with Crippen LogP contribution in [0.1, 0.15) is 31.6 Å². The molecule has 0 aliphatic carbocycles. The minimum absolute atomic E-state index is 0.0788. The average molecular weight is 281 g/mol. The molecule has 0 saturated carbocycles. The topological polar surface area (TPSA) is 126 Å². The molecule has 8 nitrogen and oxygen atoms in total. The first-order valence-corrected chi connectivity index (χ1v) is 6.46. The number of hydrogen-bond donors (Lipinski definition) is 4. The number of H-pyrrole nitrogens is 1. The number of oxime groups is 1. The predicted octanol–water partition coefficient (Wildman–Crippen LogP) is 0.130. The Morgan fingerprint density at radius 3 is 2.90 bits per heavy atom. The molecule has 0 aromatic carbocycles. The third-order valence-corrected chi connectivity index (χ3v) is 3.66. The maximum Gasteiger partial charge on any atom is 0.234 e. The van der Waals surface area contributed by atoms with Crippen molar-refractivity contribution in [3.8, 4) is 0 Å². The number of rotatable bonds is 4. The lowest BCUT2D eigenvalue weighted by Crippen LogP contribution is -2.53. The van der Waals surface area contributed by atoms with Gasteiger partial charge in [0.15, 0.2) is 5.84 Å². The molecule has 0 bridgehead atoms. The van der Waals surface area contributed by atoms with Gasteiger partial charge in [-0.15, -0.1) is 0 Å². The monoisotopic (exact) mass is 281 g/mol. The van der Waals surface area contributed by atoms with Crippen molar-refractivity contribution < 1.29 is 14.7 Å². The largest absolute Gasteiger partial charge is 0.409 e. The first kappa shape index (κ1) is 14.3. The van der Waals surface area contributed by atoms with Gasteiger partial charge in [0.05, 0.1) is 6.04 Å². The molecule has 1 aliphatic rings. The van der Waals surface area contributed by atoms with Crippen molar-refractivity contribution in [2.75, 3.05) is 13.2 Å². The average Bonchev–Trinajstić information content (AvgIpc) is 3.01. The van der Waals surface area contributed by atoms with Crippen LogP contribution >= 0.6 is 0 Å². The highest BCUT2D eigenvalue weighted by Crippen LogP contribution is 2.31. The van der Waals surface area contributed by atoms with E-state index in [0.29, 0.717) is 31.9 Å². The van der Waals surface area contributed by atoms with Crippen LogP contribution in [0.2, 0.25) is 0 Å². The molecule has 1 atom stereocenters. The van der Waals surface area contributed by atoms with E-state index in [4.69, 9.17) is 15.7 Å². The van der Waals surface area contributed by atoms with E-state index in [1.807, 2.05) is 6.92 Å². The van der Waals surface area contributed by atoms with E-state index in [0.717, 1.165) is 0 Å². The Hall–Kier alpha value is -2.09. The standard InChI is InChI=1S/C12H19N5O3/c1-8(9-14-4-5-15-9)16-11(18)12(10(13)17-19)2-6-20-7-3-12/h4-5,8,19H,2-3,6-7H2,1H3,(H2,13,17)(H,14,15)(H,16,18). The fourth-order valence-electron chi connectivity index (χ4n) is 2.33. The molecule has 0 spiro atoms. The Labute approximate surface area is 116 Å². The van der Waals surface area contributed by atoms with Crippen LogP contribution in [-0.4, -0.2) is 40.1 Å². The number of amides is 1. The van der Waals surface area contributed by atoms with Crippen molar-refractivity contribution in [1.29, 1.82) is 0 Å². The van der Waals surface area contributed by atoms with E-state index in [9.17, 15) is 4.79 Å². The Morgan fingerprint density at radius 2 is 2.35 bits per heavy atom. The summed E-state index contributed by atoms with van der Waals surface area (Å²) >= 11 is 0. The summed E-state index contributed by atoms with van der Waals surface area (Å²) in [4.78, 5) is 19.6. The van der Waals surface area contributed by atoms with Gasteiger partial charge in [0, 0.05) is 25.6 Å². The maximum absolute atomic E-state index is 12.5. The summed E-state index contributed by atoms with van der Waals surface area (Å²) in [5.74, 6) is 0.296. The van der Waals surface area contributed by atoms with Gasteiger partial charge in [-0.1, -0.05) is 5.16 Å². The van der Waals surface area contributed by atoms with Gasteiger partial charge < -0.3 is 26.0 Å². The van der Waals surface area contributed by atoms with Gasteiger partial charge in [-0.05, 0) is 19.8 Å². The zero-order valence-electron chi connectivity index (χ0n) is 11.3. The second-order valence-corrected chi connectivity index (χ2v) is 4.85. The number of carbonyl (C=O) groups is 1. The molecule has 2 heterocycles. The van der Waals surface area contributed by atoms with E-state index < -0.39 is 5.41 Å². The number of nitrogens with zero attached hydrogens (tertiary/aromatic N) is 2. The smallest absolute Gasteiger partial charge is 0.234 e. The van der Waals surface area contributed by atoms with Crippen molar-refractivity contribution in [1.82, 2.24) is 15.3 Å². The lowest BCUT2D eigenvalue weighted by Gasteiger charge is -2.35. The number of carbonyl (C=O) groups excluding carboxylic acids is 1. The normalized spacial score (nSPS) is 20.4. The fourth-order valence-corrected chi connectivity index (χ4v) is 2.33. The molecule has 1 aromatic rings. The first-order chi connectivity index (χ1) is 9.60. The summed E-state index contributed by atoms with van der Waals surface area (Å²) in [6.45, 7) is 2.62. The molecular formula is C12H19N5O3. The number of ether oxygens (including phenoxy) is 1. The van der Waals surface area contributed by atoms with Crippen molar-refractivity contribution in [3.05, 3.63) is 18.2 Å². The zero-order chi connectivity index (χ0) is 14.6. The van der Waals surface area contributed by atoms with E-state index in [1.54, 1.807) is 12.4 Å². The second-order valence-electron chi connectivity index (χ2n) is 4.85. The molecule has 1 aliphatic heterocycles. The van der Waals surface area contributed by atoms with Crippen LogP contribution in [0, 0.1) is 5.41 Å². The summed E-state index contributed by atoms with van der Waals surface area (Å²) in [6, 6.07) is -0.288. The van der Waals surface area contributed by atoms with Gasteiger partial charge in [0.25, 0.3) is 0 Å². The Kier molecular flexibility index (Phi) is 4.23. The zero-order valence-corrected chi connectivity index (χ0v) is 11.3. The molecule has 1 unspecified atom stereocenters. The van der Waals surface area contributed by atoms with Crippen LogP contribution in [0.5, 0.6) is 0 Å². The van der Waals surface area contributed by atoms with E-state index in [2.05, 4.69) is 20.4 Å². The molecule has 8 heteroatoms. The van der Waals surface area contributed by atoms with Crippen LogP contribution in [0.15, 0.2) is 17.5 Å². The van der Waals surface area contributed by atoms with Gasteiger partial charge in [0.1, 0.15) is 11.2 Å².